The number of hydrogen-bond acceptors (Lipinski definition) is 6. The summed E-state index contributed by atoms with van der Waals surface area (Å²) < 4.78 is 22.3. The Bertz CT molecular complexity index is 1010. The zero-order valence-corrected chi connectivity index (χ0v) is 22.4. The first-order valence-corrected chi connectivity index (χ1v) is 13.6. The maximum absolute atomic E-state index is 12.5. The molecular formula is C32H38O6. The van der Waals surface area contributed by atoms with Crippen LogP contribution in [0.4, 0.5) is 0 Å². The highest BCUT2D eigenvalue weighted by Crippen LogP contribution is 2.21. The third-order valence-electron chi connectivity index (χ3n) is 5.96. The number of hydrogen-bond donors (Lipinski definition) is 0. The van der Waals surface area contributed by atoms with E-state index in [4.69, 9.17) is 18.9 Å². The summed E-state index contributed by atoms with van der Waals surface area (Å²) in [6.07, 6.45) is 9.14. The molecule has 3 aromatic rings. The van der Waals surface area contributed by atoms with E-state index >= 15 is 0 Å². The number of rotatable bonds is 16. The Balaban J connectivity index is 1.43. The summed E-state index contributed by atoms with van der Waals surface area (Å²) in [4.78, 5) is 25.0. The first-order chi connectivity index (χ1) is 18.6. The molecule has 0 atom stereocenters. The van der Waals surface area contributed by atoms with E-state index in [1.165, 1.54) is 25.7 Å². The topological polar surface area (TPSA) is 71.1 Å². The summed E-state index contributed by atoms with van der Waals surface area (Å²) in [5.41, 5.74) is 0.847. The number of carbonyl (C=O) groups is 2. The summed E-state index contributed by atoms with van der Waals surface area (Å²) in [7, 11) is 0. The second kappa shape index (κ2) is 16.1. The predicted octanol–water partition coefficient (Wildman–Crippen LogP) is 8.04. The molecule has 0 amide bonds. The zero-order chi connectivity index (χ0) is 27.0. The van der Waals surface area contributed by atoms with Crippen molar-refractivity contribution in [3.05, 3.63) is 83.9 Å². The Hall–Kier alpha value is -3.80. The molecule has 6 heteroatoms. The van der Waals surface area contributed by atoms with Gasteiger partial charge in [0.15, 0.2) is 0 Å². The molecule has 0 spiro atoms. The van der Waals surface area contributed by atoms with Gasteiger partial charge >= 0.3 is 11.9 Å². The van der Waals surface area contributed by atoms with Crippen LogP contribution in [-0.2, 0) is 0 Å². The van der Waals surface area contributed by atoms with E-state index < -0.39 is 11.9 Å². The molecule has 0 heterocycles. The predicted molar refractivity (Wildman–Crippen MR) is 149 cm³/mol. The zero-order valence-electron chi connectivity index (χ0n) is 22.4. The van der Waals surface area contributed by atoms with Crippen molar-refractivity contribution in [2.75, 3.05) is 13.2 Å². The van der Waals surface area contributed by atoms with Gasteiger partial charge in [-0.05, 0) is 85.6 Å². The molecular weight excluding hydrogens is 480 g/mol. The van der Waals surface area contributed by atoms with Gasteiger partial charge in [-0.25, -0.2) is 9.59 Å². The lowest BCUT2D eigenvalue weighted by molar-refractivity contribution is 0.0719. The van der Waals surface area contributed by atoms with Gasteiger partial charge < -0.3 is 18.9 Å². The summed E-state index contributed by atoms with van der Waals surface area (Å²) >= 11 is 0. The summed E-state index contributed by atoms with van der Waals surface area (Å²) in [5, 5.41) is 0. The molecule has 3 aromatic carbocycles. The highest BCUT2D eigenvalue weighted by molar-refractivity contribution is 5.92. The van der Waals surface area contributed by atoms with Gasteiger partial charge in [-0.15, -0.1) is 0 Å². The molecule has 6 nitrogen and oxygen atoms in total. The molecule has 0 fully saturated rings. The maximum atomic E-state index is 12.5. The second-order valence-electron chi connectivity index (χ2n) is 9.12. The molecule has 0 unspecified atom stereocenters. The lowest BCUT2D eigenvalue weighted by atomic mass is 10.2. The van der Waals surface area contributed by atoms with E-state index in [2.05, 4.69) is 13.8 Å². The van der Waals surface area contributed by atoms with Crippen LogP contribution in [0.5, 0.6) is 23.0 Å². The van der Waals surface area contributed by atoms with Crippen LogP contribution >= 0.6 is 0 Å². The molecule has 0 saturated heterocycles. The number of unbranched alkanes of at least 4 members (excludes halogenated alkanes) is 6. The molecule has 3 rings (SSSR count). The summed E-state index contributed by atoms with van der Waals surface area (Å²) in [6, 6.07) is 20.2. The average molecular weight is 519 g/mol. The highest BCUT2D eigenvalue weighted by atomic mass is 16.5. The van der Waals surface area contributed by atoms with Crippen molar-refractivity contribution in [2.24, 2.45) is 0 Å². The fourth-order valence-electron chi connectivity index (χ4n) is 3.72. The van der Waals surface area contributed by atoms with Crippen LogP contribution in [0.2, 0.25) is 0 Å². The molecule has 0 aliphatic carbocycles. The fourth-order valence-corrected chi connectivity index (χ4v) is 3.72. The number of benzene rings is 3. The van der Waals surface area contributed by atoms with E-state index in [1.807, 2.05) is 0 Å². The number of carbonyl (C=O) groups excluding carboxylic acids is 2. The van der Waals surface area contributed by atoms with Crippen LogP contribution in [0.25, 0.3) is 0 Å². The third-order valence-corrected chi connectivity index (χ3v) is 5.96. The SMILES string of the molecule is CCCCCCOc1ccc(C(=O)Oc2ccc(OC(=O)c3ccc(OCCCCCC)cc3)cc2)cc1. The highest BCUT2D eigenvalue weighted by Gasteiger charge is 2.12. The lowest BCUT2D eigenvalue weighted by Gasteiger charge is -2.09. The Kier molecular flexibility index (Phi) is 12.2. The quantitative estimate of drug-likeness (QED) is 0.109. The van der Waals surface area contributed by atoms with Gasteiger partial charge in [-0.2, -0.15) is 0 Å². The molecule has 0 aromatic heterocycles. The van der Waals surface area contributed by atoms with Gasteiger partial charge in [0.1, 0.15) is 23.0 Å². The van der Waals surface area contributed by atoms with Gasteiger partial charge in [-0.3, -0.25) is 0 Å². The monoisotopic (exact) mass is 518 g/mol. The minimum Gasteiger partial charge on any atom is -0.494 e. The van der Waals surface area contributed by atoms with Crippen LogP contribution in [0.15, 0.2) is 72.8 Å². The van der Waals surface area contributed by atoms with Crippen molar-refractivity contribution in [1.82, 2.24) is 0 Å². The van der Waals surface area contributed by atoms with Gasteiger partial charge in [-0.1, -0.05) is 52.4 Å². The molecule has 0 aliphatic heterocycles. The maximum Gasteiger partial charge on any atom is 0.343 e. The van der Waals surface area contributed by atoms with Crippen LogP contribution in [0, 0.1) is 0 Å². The van der Waals surface area contributed by atoms with E-state index in [0.717, 1.165) is 37.2 Å². The largest absolute Gasteiger partial charge is 0.494 e. The smallest absolute Gasteiger partial charge is 0.343 e. The van der Waals surface area contributed by atoms with Crippen LogP contribution in [-0.4, -0.2) is 25.2 Å². The number of ether oxygens (including phenoxy) is 4. The lowest BCUT2D eigenvalue weighted by Crippen LogP contribution is -2.09. The van der Waals surface area contributed by atoms with Crippen LogP contribution in [0.1, 0.15) is 85.9 Å². The molecule has 38 heavy (non-hydrogen) atoms. The average Bonchev–Trinajstić information content (AvgIpc) is 2.94. The van der Waals surface area contributed by atoms with Crippen LogP contribution in [0.3, 0.4) is 0 Å². The van der Waals surface area contributed by atoms with E-state index in [0.29, 0.717) is 35.8 Å². The molecule has 0 bridgehead atoms. The third kappa shape index (κ3) is 9.92. The number of esters is 2. The van der Waals surface area contributed by atoms with Gasteiger partial charge in [0, 0.05) is 0 Å². The molecule has 202 valence electrons. The van der Waals surface area contributed by atoms with Crippen molar-refractivity contribution >= 4 is 11.9 Å². The Labute approximate surface area is 225 Å². The first kappa shape index (κ1) is 28.8. The van der Waals surface area contributed by atoms with Crippen molar-refractivity contribution in [2.45, 2.75) is 65.2 Å². The second-order valence-corrected chi connectivity index (χ2v) is 9.12. The molecule has 0 radical (unpaired) electrons. The van der Waals surface area contributed by atoms with Crippen LogP contribution < -0.4 is 18.9 Å². The van der Waals surface area contributed by atoms with E-state index in [1.54, 1.807) is 72.8 Å². The molecule has 0 N–H and O–H groups in total. The van der Waals surface area contributed by atoms with Crippen molar-refractivity contribution in [1.29, 1.82) is 0 Å². The van der Waals surface area contributed by atoms with Gasteiger partial charge in [0.2, 0.25) is 0 Å². The van der Waals surface area contributed by atoms with Gasteiger partial charge in [0.05, 0.1) is 24.3 Å². The summed E-state index contributed by atoms with van der Waals surface area (Å²) in [6.45, 7) is 5.68. The summed E-state index contributed by atoms with van der Waals surface area (Å²) in [5.74, 6) is 1.22. The Morgan fingerprint density at radius 2 is 0.816 bits per heavy atom. The standard InChI is InChI=1S/C32H38O6/c1-3-5-7-9-23-35-27-15-11-25(12-16-27)31(33)37-29-19-21-30(22-20-29)38-32(34)26-13-17-28(18-14-26)36-24-10-8-6-4-2/h11-22H,3-10,23-24H2,1-2H3. The van der Waals surface area contributed by atoms with Crippen molar-refractivity contribution < 1.29 is 28.5 Å². The fraction of sp³-hybridized carbons (Fsp3) is 0.375. The first-order valence-electron chi connectivity index (χ1n) is 13.6. The Morgan fingerprint density at radius 1 is 0.474 bits per heavy atom. The van der Waals surface area contributed by atoms with E-state index in [-0.39, 0.29) is 0 Å². The molecule has 0 saturated carbocycles. The van der Waals surface area contributed by atoms with E-state index in [9.17, 15) is 9.59 Å². The molecule has 0 aliphatic rings. The minimum atomic E-state index is -0.475. The van der Waals surface area contributed by atoms with Crippen molar-refractivity contribution in [3.63, 3.8) is 0 Å². The minimum absolute atomic E-state index is 0.353. The van der Waals surface area contributed by atoms with Gasteiger partial charge in [0.25, 0.3) is 0 Å². The Morgan fingerprint density at radius 3 is 1.16 bits per heavy atom. The van der Waals surface area contributed by atoms with Crippen molar-refractivity contribution in [3.8, 4) is 23.0 Å². The normalized spacial score (nSPS) is 10.6.